The third kappa shape index (κ3) is 5.66. The van der Waals surface area contributed by atoms with Crippen LogP contribution in [0.15, 0.2) is 59.5 Å². The van der Waals surface area contributed by atoms with Gasteiger partial charge in [-0.2, -0.15) is 0 Å². The van der Waals surface area contributed by atoms with E-state index in [0.717, 1.165) is 26.1 Å². The van der Waals surface area contributed by atoms with Gasteiger partial charge in [-0.1, -0.05) is 18.2 Å². The molecule has 2 unspecified atom stereocenters. The minimum Gasteiger partial charge on any atom is -0.381 e. The summed E-state index contributed by atoms with van der Waals surface area (Å²) in [5.41, 5.74) is 0.909. The van der Waals surface area contributed by atoms with Crippen molar-refractivity contribution in [2.24, 2.45) is 5.92 Å². The topological polar surface area (TPSA) is 97.0 Å². The van der Waals surface area contributed by atoms with Crippen LogP contribution in [0.4, 0.5) is 5.69 Å². The van der Waals surface area contributed by atoms with Crippen LogP contribution >= 0.6 is 0 Å². The van der Waals surface area contributed by atoms with Crippen LogP contribution in [-0.2, 0) is 19.5 Å². The number of nitrogens with zero attached hydrogens (tertiary/aromatic N) is 1. The van der Waals surface area contributed by atoms with Gasteiger partial charge in [0.15, 0.2) is 0 Å². The zero-order valence-corrected chi connectivity index (χ0v) is 18.7. The second kappa shape index (κ2) is 10.4. The van der Waals surface area contributed by atoms with Gasteiger partial charge >= 0.3 is 0 Å². The summed E-state index contributed by atoms with van der Waals surface area (Å²) in [4.78, 5) is 15.2. The Kier molecular flexibility index (Phi) is 7.41. The minimum absolute atomic E-state index is 0.104. The van der Waals surface area contributed by atoms with E-state index in [4.69, 9.17) is 9.47 Å². The Labute approximate surface area is 189 Å². The molecule has 1 amide bonds. The second-order valence-corrected chi connectivity index (χ2v) is 9.73. The van der Waals surface area contributed by atoms with Crippen molar-refractivity contribution >= 4 is 21.6 Å². The summed E-state index contributed by atoms with van der Waals surface area (Å²) in [7, 11) is -3.72. The SMILES string of the molecule is O=C(NCC(C1CCOC1)N1CCOCC1)c1ccc(S(=O)(=O)Nc2ccccc2)cc1. The molecule has 2 aromatic carbocycles. The van der Waals surface area contributed by atoms with Gasteiger partial charge in [-0.25, -0.2) is 8.42 Å². The number of sulfonamides is 1. The van der Waals surface area contributed by atoms with E-state index < -0.39 is 10.0 Å². The summed E-state index contributed by atoms with van der Waals surface area (Å²) in [6.45, 7) is 5.07. The van der Waals surface area contributed by atoms with Gasteiger partial charge in [0, 0.05) is 49.5 Å². The van der Waals surface area contributed by atoms with Gasteiger partial charge in [0.2, 0.25) is 0 Å². The molecule has 2 N–H and O–H groups in total. The average Bonchev–Trinajstić information content (AvgIpc) is 3.35. The molecule has 32 heavy (non-hydrogen) atoms. The van der Waals surface area contributed by atoms with Crippen LogP contribution in [0.3, 0.4) is 0 Å². The number of hydrogen-bond acceptors (Lipinski definition) is 6. The Morgan fingerprint density at radius 1 is 1.00 bits per heavy atom. The third-order valence-electron chi connectivity index (χ3n) is 5.95. The van der Waals surface area contributed by atoms with E-state index in [-0.39, 0.29) is 16.8 Å². The fourth-order valence-electron chi connectivity index (χ4n) is 4.16. The average molecular weight is 460 g/mol. The number of morpholine rings is 1. The molecular weight excluding hydrogens is 430 g/mol. The van der Waals surface area contributed by atoms with E-state index in [0.29, 0.717) is 43.5 Å². The number of para-hydroxylation sites is 1. The van der Waals surface area contributed by atoms with E-state index in [9.17, 15) is 13.2 Å². The van der Waals surface area contributed by atoms with Crippen molar-refractivity contribution in [3.05, 3.63) is 60.2 Å². The van der Waals surface area contributed by atoms with E-state index in [1.165, 1.54) is 24.3 Å². The van der Waals surface area contributed by atoms with E-state index in [1.807, 2.05) is 6.07 Å². The fourth-order valence-corrected chi connectivity index (χ4v) is 5.22. The number of hydrogen-bond donors (Lipinski definition) is 2. The Bertz CT molecular complexity index is 986. The van der Waals surface area contributed by atoms with Gasteiger partial charge in [0.05, 0.1) is 24.7 Å². The van der Waals surface area contributed by atoms with Gasteiger partial charge < -0.3 is 14.8 Å². The highest BCUT2D eigenvalue weighted by atomic mass is 32.2. The molecule has 4 rings (SSSR count). The molecule has 2 saturated heterocycles. The van der Waals surface area contributed by atoms with Crippen LogP contribution in [0, 0.1) is 5.92 Å². The minimum atomic E-state index is -3.72. The van der Waals surface area contributed by atoms with Crippen LogP contribution in [0.2, 0.25) is 0 Å². The predicted molar refractivity (Wildman–Crippen MR) is 121 cm³/mol. The number of amides is 1. The first-order valence-corrected chi connectivity index (χ1v) is 12.4. The lowest BCUT2D eigenvalue weighted by atomic mass is 9.96. The molecule has 9 heteroatoms. The van der Waals surface area contributed by atoms with E-state index in [1.54, 1.807) is 24.3 Å². The number of rotatable bonds is 8. The fraction of sp³-hybridized carbons (Fsp3) is 0.435. The number of nitrogens with one attached hydrogen (secondary N) is 2. The van der Waals surface area contributed by atoms with Crippen molar-refractivity contribution < 1.29 is 22.7 Å². The largest absolute Gasteiger partial charge is 0.381 e. The molecule has 2 heterocycles. The van der Waals surface area contributed by atoms with Crippen molar-refractivity contribution in [2.75, 3.05) is 50.8 Å². The highest BCUT2D eigenvalue weighted by molar-refractivity contribution is 7.92. The van der Waals surface area contributed by atoms with E-state index >= 15 is 0 Å². The smallest absolute Gasteiger partial charge is 0.261 e. The zero-order valence-electron chi connectivity index (χ0n) is 17.9. The lowest BCUT2D eigenvalue weighted by Crippen LogP contribution is -2.52. The Morgan fingerprint density at radius 2 is 1.72 bits per heavy atom. The van der Waals surface area contributed by atoms with Crippen LogP contribution in [-0.4, -0.2) is 71.3 Å². The van der Waals surface area contributed by atoms with Gasteiger partial charge in [-0.05, 0) is 42.8 Å². The molecule has 0 radical (unpaired) electrons. The second-order valence-electron chi connectivity index (χ2n) is 8.05. The molecular formula is C23H29N3O5S. The summed E-state index contributed by atoms with van der Waals surface area (Å²) in [6.07, 6.45) is 0.985. The zero-order chi connectivity index (χ0) is 22.4. The Balaban J connectivity index is 1.38. The lowest BCUT2D eigenvalue weighted by molar-refractivity contribution is 0.00166. The predicted octanol–water partition coefficient (Wildman–Crippen LogP) is 1.95. The van der Waals surface area contributed by atoms with Crippen LogP contribution in [0.1, 0.15) is 16.8 Å². The highest BCUT2D eigenvalue weighted by Gasteiger charge is 2.31. The van der Waals surface area contributed by atoms with Crippen molar-refractivity contribution in [1.82, 2.24) is 10.2 Å². The van der Waals surface area contributed by atoms with Gasteiger partial charge in [0.1, 0.15) is 0 Å². The number of benzene rings is 2. The molecule has 2 atom stereocenters. The van der Waals surface area contributed by atoms with Crippen LogP contribution in [0.5, 0.6) is 0 Å². The monoisotopic (exact) mass is 459 g/mol. The Morgan fingerprint density at radius 3 is 2.38 bits per heavy atom. The van der Waals surface area contributed by atoms with Crippen molar-refractivity contribution in [3.63, 3.8) is 0 Å². The first kappa shape index (κ1) is 22.7. The molecule has 2 aromatic rings. The molecule has 0 spiro atoms. The number of ether oxygens (including phenoxy) is 2. The summed E-state index contributed by atoms with van der Waals surface area (Å²) in [6, 6.07) is 14.9. The molecule has 0 saturated carbocycles. The van der Waals surface area contributed by atoms with E-state index in [2.05, 4.69) is 14.9 Å². The summed E-state index contributed by atoms with van der Waals surface area (Å²) < 4.78 is 38.7. The Hall–Kier alpha value is -2.46. The van der Waals surface area contributed by atoms with Gasteiger partial charge in [0.25, 0.3) is 15.9 Å². The number of carbonyl (C=O) groups is 1. The standard InChI is InChI=1S/C23H29N3O5S/c27-23(24-16-22(19-10-13-31-17-19)26-11-14-30-15-12-26)18-6-8-21(9-7-18)32(28,29)25-20-4-2-1-3-5-20/h1-9,19,22,25H,10-17H2,(H,24,27). The molecule has 0 aliphatic carbocycles. The maximum atomic E-state index is 12.7. The maximum absolute atomic E-state index is 12.7. The molecule has 8 nitrogen and oxygen atoms in total. The molecule has 2 fully saturated rings. The van der Waals surface area contributed by atoms with Crippen molar-refractivity contribution in [3.8, 4) is 0 Å². The molecule has 0 bridgehead atoms. The first-order valence-electron chi connectivity index (χ1n) is 10.9. The summed E-state index contributed by atoms with van der Waals surface area (Å²) >= 11 is 0. The van der Waals surface area contributed by atoms with Crippen LogP contribution < -0.4 is 10.0 Å². The number of anilines is 1. The molecule has 172 valence electrons. The third-order valence-corrected chi connectivity index (χ3v) is 7.35. The highest BCUT2D eigenvalue weighted by Crippen LogP contribution is 2.22. The molecule has 2 aliphatic heterocycles. The van der Waals surface area contributed by atoms with Crippen LogP contribution in [0.25, 0.3) is 0 Å². The first-order chi connectivity index (χ1) is 15.5. The van der Waals surface area contributed by atoms with Gasteiger partial charge in [-0.15, -0.1) is 0 Å². The molecule has 2 aliphatic rings. The van der Waals surface area contributed by atoms with Crippen molar-refractivity contribution in [1.29, 1.82) is 0 Å². The normalized spacial score (nSPS) is 20.6. The lowest BCUT2D eigenvalue weighted by Gasteiger charge is -2.37. The summed E-state index contributed by atoms with van der Waals surface area (Å²) in [5.74, 6) is 0.159. The van der Waals surface area contributed by atoms with Gasteiger partial charge in [-0.3, -0.25) is 14.4 Å². The number of carbonyl (C=O) groups excluding carboxylic acids is 1. The summed E-state index contributed by atoms with van der Waals surface area (Å²) in [5, 5.41) is 3.03. The maximum Gasteiger partial charge on any atom is 0.261 e. The molecule has 0 aromatic heterocycles. The quantitative estimate of drug-likeness (QED) is 0.626. The van der Waals surface area contributed by atoms with Crippen molar-refractivity contribution in [2.45, 2.75) is 17.4 Å².